The van der Waals surface area contributed by atoms with Crippen LogP contribution in [0.25, 0.3) is 0 Å². The van der Waals surface area contributed by atoms with Crippen molar-refractivity contribution in [2.24, 2.45) is 5.41 Å². The number of rotatable bonds is 11. The van der Waals surface area contributed by atoms with Gasteiger partial charge in [-0.2, -0.15) is 10.6 Å². The highest BCUT2D eigenvalue weighted by atomic mass is 32.3. The first-order chi connectivity index (χ1) is 16.7. The number of carboxylic acid groups (broad SMARTS) is 1. The SMILES string of the molecule is CCCCC1(CC)CN(c2ccccc2)c2cc(SC)c(CSC(CC)C(=O)O)cc2S(O)(O)C1. The molecule has 2 unspecified atom stereocenters. The molecule has 0 radical (unpaired) electrons. The highest BCUT2D eigenvalue weighted by Gasteiger charge is 2.41. The Morgan fingerprint density at radius 1 is 1.17 bits per heavy atom. The van der Waals surface area contributed by atoms with Gasteiger partial charge in [0, 0.05) is 34.0 Å². The van der Waals surface area contributed by atoms with E-state index in [1.165, 1.54) is 11.8 Å². The Hall–Kier alpha value is -1.32. The molecule has 0 spiro atoms. The molecule has 1 heterocycles. The van der Waals surface area contributed by atoms with Crippen molar-refractivity contribution in [2.45, 2.75) is 73.7 Å². The second kappa shape index (κ2) is 12.3. The fourth-order valence-electron chi connectivity index (χ4n) is 4.82. The van der Waals surface area contributed by atoms with Gasteiger partial charge in [0.15, 0.2) is 0 Å². The van der Waals surface area contributed by atoms with Gasteiger partial charge < -0.3 is 10.0 Å². The lowest BCUT2D eigenvalue weighted by atomic mass is 9.81. The Balaban J connectivity index is 2.15. The summed E-state index contributed by atoms with van der Waals surface area (Å²) in [6.45, 7) is 6.95. The molecular formula is C27H39NO4S3. The molecule has 2 aromatic rings. The van der Waals surface area contributed by atoms with E-state index in [2.05, 4.69) is 36.9 Å². The van der Waals surface area contributed by atoms with E-state index in [4.69, 9.17) is 0 Å². The van der Waals surface area contributed by atoms with E-state index < -0.39 is 21.8 Å². The molecule has 0 bridgehead atoms. The normalized spacial score (nSPS) is 21.1. The average molecular weight is 538 g/mol. The molecule has 8 heteroatoms. The third-order valence-corrected chi connectivity index (χ3v) is 11.3. The van der Waals surface area contributed by atoms with Crippen molar-refractivity contribution < 1.29 is 19.0 Å². The second-order valence-corrected chi connectivity index (χ2v) is 13.5. The van der Waals surface area contributed by atoms with Gasteiger partial charge in [0.25, 0.3) is 0 Å². The number of hydrogen-bond acceptors (Lipinski definition) is 6. The molecule has 0 saturated carbocycles. The minimum absolute atomic E-state index is 0.214. The molecule has 3 rings (SSSR count). The first-order valence-electron chi connectivity index (χ1n) is 12.3. The Kier molecular flexibility index (Phi) is 9.91. The summed E-state index contributed by atoms with van der Waals surface area (Å²) in [5.41, 5.74) is 2.65. The summed E-state index contributed by atoms with van der Waals surface area (Å²) in [6.07, 6.45) is 6.50. The van der Waals surface area contributed by atoms with Gasteiger partial charge in [-0.05, 0) is 55.3 Å². The topological polar surface area (TPSA) is 81.0 Å². The summed E-state index contributed by atoms with van der Waals surface area (Å²) in [4.78, 5) is 15.5. The average Bonchev–Trinajstić information content (AvgIpc) is 2.95. The maximum atomic E-state index is 11.6. The van der Waals surface area contributed by atoms with E-state index in [1.54, 1.807) is 11.8 Å². The molecule has 3 N–H and O–H groups in total. The Morgan fingerprint density at radius 2 is 1.89 bits per heavy atom. The monoisotopic (exact) mass is 537 g/mol. The number of aliphatic carboxylic acids is 1. The number of para-hydroxylation sites is 1. The zero-order chi connectivity index (χ0) is 25.6. The Bertz CT molecular complexity index is 1000. The van der Waals surface area contributed by atoms with Gasteiger partial charge in [-0.15, -0.1) is 23.5 Å². The van der Waals surface area contributed by atoms with Gasteiger partial charge in [0.2, 0.25) is 0 Å². The number of unbranched alkanes of at least 4 members (excludes halogenated alkanes) is 1. The molecule has 35 heavy (non-hydrogen) atoms. The number of carboxylic acids is 1. The number of carbonyl (C=O) groups is 1. The van der Waals surface area contributed by atoms with Crippen molar-refractivity contribution in [3.63, 3.8) is 0 Å². The van der Waals surface area contributed by atoms with Gasteiger partial charge in [-0.25, -0.2) is 0 Å². The minimum Gasteiger partial charge on any atom is -0.480 e. The van der Waals surface area contributed by atoms with Crippen LogP contribution in [0.15, 0.2) is 52.3 Å². The van der Waals surface area contributed by atoms with Crippen LogP contribution in [0, 0.1) is 5.41 Å². The maximum Gasteiger partial charge on any atom is 0.316 e. The second-order valence-electron chi connectivity index (χ2n) is 9.37. The molecule has 1 aliphatic heterocycles. The van der Waals surface area contributed by atoms with Crippen LogP contribution in [0.5, 0.6) is 0 Å². The summed E-state index contributed by atoms with van der Waals surface area (Å²) in [5.74, 6) is 0.0652. The highest BCUT2D eigenvalue weighted by molar-refractivity contribution is 8.24. The first-order valence-corrected chi connectivity index (χ1v) is 16.3. The summed E-state index contributed by atoms with van der Waals surface area (Å²) in [7, 11) is -3.05. The Morgan fingerprint density at radius 3 is 2.46 bits per heavy atom. The summed E-state index contributed by atoms with van der Waals surface area (Å²) < 4.78 is 23.3. The Labute approximate surface area is 220 Å². The van der Waals surface area contributed by atoms with E-state index in [0.29, 0.717) is 22.8 Å². The maximum absolute atomic E-state index is 11.6. The molecule has 2 aromatic carbocycles. The standard InChI is InChI=1S/C27H39NO4S3/c1-5-8-14-27(7-3)18-28(21-12-10-9-11-13-21)22-16-24(33-4)20(15-25(22)35(31,32)19-27)17-34-23(6-2)26(29)30/h9-13,15-16,23,31-32H,5-8,14,17-19H2,1-4H3,(H,29,30). The fraction of sp³-hybridized carbons (Fsp3) is 0.519. The third-order valence-electron chi connectivity index (χ3n) is 6.97. The number of anilines is 2. The fourth-order valence-corrected chi connectivity index (χ4v) is 8.82. The van der Waals surface area contributed by atoms with Crippen molar-refractivity contribution in [3.05, 3.63) is 48.0 Å². The van der Waals surface area contributed by atoms with Crippen LogP contribution in [-0.2, 0) is 10.5 Å². The molecule has 2 atom stereocenters. The molecular weight excluding hydrogens is 499 g/mol. The smallest absolute Gasteiger partial charge is 0.316 e. The van der Waals surface area contributed by atoms with E-state index >= 15 is 0 Å². The van der Waals surface area contributed by atoms with E-state index in [1.807, 2.05) is 37.4 Å². The van der Waals surface area contributed by atoms with Gasteiger partial charge in [0.1, 0.15) is 5.25 Å². The molecule has 0 fully saturated rings. The third kappa shape index (κ3) is 6.52. The number of benzene rings is 2. The predicted molar refractivity (Wildman–Crippen MR) is 153 cm³/mol. The molecule has 5 nitrogen and oxygen atoms in total. The van der Waals surface area contributed by atoms with Crippen molar-refractivity contribution in [3.8, 4) is 0 Å². The molecule has 0 aromatic heterocycles. The lowest BCUT2D eigenvalue weighted by molar-refractivity contribution is -0.136. The number of thioether (sulfide) groups is 2. The van der Waals surface area contributed by atoms with E-state index in [9.17, 15) is 19.0 Å². The molecule has 0 amide bonds. The van der Waals surface area contributed by atoms with Gasteiger partial charge in [-0.1, -0.05) is 51.8 Å². The zero-order valence-corrected chi connectivity index (χ0v) is 23.6. The molecule has 0 aliphatic carbocycles. The van der Waals surface area contributed by atoms with E-state index in [0.717, 1.165) is 54.1 Å². The number of nitrogens with zero attached hydrogens (tertiary/aromatic N) is 1. The molecule has 1 aliphatic rings. The summed E-state index contributed by atoms with van der Waals surface area (Å²) in [6, 6.07) is 14.2. The molecule has 194 valence electrons. The van der Waals surface area contributed by atoms with Crippen molar-refractivity contribution in [1.29, 1.82) is 0 Å². The summed E-state index contributed by atoms with van der Waals surface area (Å²) >= 11 is 3.02. The van der Waals surface area contributed by atoms with Crippen LogP contribution in [0.3, 0.4) is 0 Å². The largest absolute Gasteiger partial charge is 0.480 e. The van der Waals surface area contributed by atoms with Gasteiger partial charge in [0.05, 0.1) is 10.6 Å². The van der Waals surface area contributed by atoms with Crippen molar-refractivity contribution in [1.82, 2.24) is 0 Å². The highest BCUT2D eigenvalue weighted by Crippen LogP contribution is 2.61. The zero-order valence-electron chi connectivity index (χ0n) is 21.2. The van der Waals surface area contributed by atoms with Crippen LogP contribution in [0.1, 0.15) is 58.4 Å². The number of fused-ring (bicyclic) bond motifs is 1. The van der Waals surface area contributed by atoms with Gasteiger partial charge >= 0.3 is 5.97 Å². The first kappa shape index (κ1) is 28.3. The van der Waals surface area contributed by atoms with Crippen LogP contribution in [0.2, 0.25) is 0 Å². The van der Waals surface area contributed by atoms with Crippen LogP contribution >= 0.6 is 34.1 Å². The van der Waals surface area contributed by atoms with Gasteiger partial charge in [-0.3, -0.25) is 13.9 Å². The number of hydrogen-bond donors (Lipinski definition) is 3. The predicted octanol–water partition coefficient (Wildman–Crippen LogP) is 8.35. The van der Waals surface area contributed by atoms with Crippen LogP contribution in [-0.4, -0.2) is 44.0 Å². The molecule has 0 saturated heterocycles. The van der Waals surface area contributed by atoms with Crippen LogP contribution in [0.4, 0.5) is 11.4 Å². The summed E-state index contributed by atoms with van der Waals surface area (Å²) in [5, 5.41) is 9.02. The lowest BCUT2D eigenvalue weighted by Gasteiger charge is -2.41. The van der Waals surface area contributed by atoms with Crippen molar-refractivity contribution >= 4 is 51.5 Å². The van der Waals surface area contributed by atoms with Crippen LogP contribution < -0.4 is 4.90 Å². The van der Waals surface area contributed by atoms with E-state index in [-0.39, 0.29) is 5.41 Å². The van der Waals surface area contributed by atoms with Crippen molar-refractivity contribution in [2.75, 3.05) is 23.5 Å². The lowest BCUT2D eigenvalue weighted by Crippen LogP contribution is -2.37. The quantitative estimate of drug-likeness (QED) is 0.248. The minimum atomic E-state index is -3.05.